The molecule has 0 amide bonds. The molecule has 0 saturated heterocycles. The summed E-state index contributed by atoms with van der Waals surface area (Å²) in [6.07, 6.45) is 0. The SMILES string of the molecule is c1ccc2c(c1)-c1cccc3ccc4c(c13)c1c-2cccc1n4-c1nc(-c2ccc3ccccc3c2)c2ccccc2n1. The quantitative estimate of drug-likeness (QED) is 0.216. The molecule has 2 heterocycles. The smallest absolute Gasteiger partial charge is 0.235 e. The normalized spacial score (nSPS) is 12.2. The molecule has 0 aliphatic heterocycles. The van der Waals surface area contributed by atoms with Crippen molar-refractivity contribution in [2.75, 3.05) is 0 Å². The van der Waals surface area contributed by atoms with E-state index >= 15 is 0 Å². The molecule has 0 N–H and O–H groups in total. The number of rotatable bonds is 2. The van der Waals surface area contributed by atoms with Gasteiger partial charge in [-0.1, -0.05) is 115 Å². The molecule has 0 radical (unpaired) electrons. The van der Waals surface area contributed by atoms with E-state index in [-0.39, 0.29) is 0 Å². The predicted octanol–water partition coefficient (Wildman–Crippen LogP) is 10.3. The molecule has 0 spiro atoms. The van der Waals surface area contributed by atoms with Gasteiger partial charge in [-0.05, 0) is 68.1 Å². The van der Waals surface area contributed by atoms with Crippen molar-refractivity contribution >= 4 is 54.3 Å². The van der Waals surface area contributed by atoms with E-state index in [1.54, 1.807) is 0 Å². The second-order valence-electron chi connectivity index (χ2n) is 11.4. The molecule has 10 rings (SSSR count). The van der Waals surface area contributed by atoms with Gasteiger partial charge < -0.3 is 0 Å². The third kappa shape index (κ3) is 3.08. The maximum Gasteiger partial charge on any atom is 0.235 e. The Morgan fingerprint density at radius 2 is 1.07 bits per heavy atom. The summed E-state index contributed by atoms with van der Waals surface area (Å²) in [7, 11) is 0. The Balaban J connectivity index is 1.36. The van der Waals surface area contributed by atoms with E-state index < -0.39 is 0 Å². The zero-order valence-electron chi connectivity index (χ0n) is 23.1. The molecular formula is C40H23N3. The number of aromatic nitrogens is 3. The molecule has 3 nitrogen and oxygen atoms in total. The lowest BCUT2D eigenvalue weighted by atomic mass is 9.93. The first-order valence-corrected chi connectivity index (χ1v) is 14.7. The van der Waals surface area contributed by atoms with Gasteiger partial charge in [0.05, 0.1) is 22.2 Å². The fraction of sp³-hybridized carbons (Fsp3) is 0. The van der Waals surface area contributed by atoms with Gasteiger partial charge in [0.2, 0.25) is 5.95 Å². The van der Waals surface area contributed by atoms with Crippen LogP contribution >= 0.6 is 0 Å². The van der Waals surface area contributed by atoms with E-state index in [0.717, 1.165) is 33.2 Å². The topological polar surface area (TPSA) is 30.7 Å². The lowest BCUT2D eigenvalue weighted by Gasteiger charge is -2.14. The molecule has 3 heteroatoms. The highest BCUT2D eigenvalue weighted by Gasteiger charge is 2.25. The molecule has 0 fully saturated rings. The van der Waals surface area contributed by atoms with Crippen LogP contribution in [0.2, 0.25) is 0 Å². The molecule has 0 unspecified atom stereocenters. The van der Waals surface area contributed by atoms with Crippen LogP contribution in [0.15, 0.2) is 140 Å². The van der Waals surface area contributed by atoms with Gasteiger partial charge in [-0.3, -0.25) is 4.57 Å². The van der Waals surface area contributed by atoms with E-state index in [1.165, 1.54) is 54.6 Å². The molecule has 9 aromatic rings. The minimum atomic E-state index is 0.685. The van der Waals surface area contributed by atoms with Crippen molar-refractivity contribution in [2.45, 2.75) is 0 Å². The number of nitrogens with zero attached hydrogens (tertiary/aromatic N) is 3. The third-order valence-electron chi connectivity index (χ3n) is 9.12. The first-order chi connectivity index (χ1) is 21.3. The first kappa shape index (κ1) is 22.8. The Bertz CT molecular complexity index is 2630. The van der Waals surface area contributed by atoms with Crippen molar-refractivity contribution < 1.29 is 0 Å². The average molecular weight is 546 g/mol. The molecule has 198 valence electrons. The summed E-state index contributed by atoms with van der Waals surface area (Å²) in [6.45, 7) is 0. The maximum absolute atomic E-state index is 5.37. The van der Waals surface area contributed by atoms with E-state index in [9.17, 15) is 0 Å². The molecule has 2 aromatic heterocycles. The third-order valence-corrected chi connectivity index (χ3v) is 9.12. The molecule has 0 atom stereocenters. The summed E-state index contributed by atoms with van der Waals surface area (Å²) in [5.74, 6) is 0.685. The van der Waals surface area contributed by atoms with E-state index in [2.05, 4.69) is 144 Å². The number of hydrogen-bond donors (Lipinski definition) is 0. The Morgan fingerprint density at radius 3 is 1.95 bits per heavy atom. The molecular weight excluding hydrogens is 522 g/mol. The van der Waals surface area contributed by atoms with Gasteiger partial charge in [0.15, 0.2) is 0 Å². The largest absolute Gasteiger partial charge is 0.278 e. The maximum atomic E-state index is 5.37. The average Bonchev–Trinajstić information content (AvgIpc) is 3.35. The first-order valence-electron chi connectivity index (χ1n) is 14.7. The van der Waals surface area contributed by atoms with Crippen LogP contribution in [-0.2, 0) is 0 Å². The van der Waals surface area contributed by atoms with Crippen molar-refractivity contribution in [1.82, 2.24) is 14.5 Å². The van der Waals surface area contributed by atoms with Gasteiger partial charge in [-0.15, -0.1) is 0 Å². The number of hydrogen-bond acceptors (Lipinski definition) is 2. The van der Waals surface area contributed by atoms with Crippen molar-refractivity contribution in [3.63, 3.8) is 0 Å². The van der Waals surface area contributed by atoms with Crippen molar-refractivity contribution in [3.8, 4) is 39.5 Å². The van der Waals surface area contributed by atoms with Crippen molar-refractivity contribution in [1.29, 1.82) is 0 Å². The van der Waals surface area contributed by atoms with Gasteiger partial charge in [0.25, 0.3) is 0 Å². The highest BCUT2D eigenvalue weighted by molar-refractivity contribution is 6.30. The standard InChI is InChI=1S/C40H23N3/c1-2-10-26-23-27(20-19-24(26)9-1)39-32-14-5-6-17-33(32)41-40(42-39)43-34-18-8-16-31-29-13-4-3-12-28(29)30-15-7-11-25-21-22-35(43)38(36(25)30)37(31)34/h1-23H. The fourth-order valence-corrected chi connectivity index (χ4v) is 7.26. The van der Waals surface area contributed by atoms with Crippen molar-refractivity contribution in [3.05, 3.63) is 140 Å². The summed E-state index contributed by atoms with van der Waals surface area (Å²) in [6, 6.07) is 50.0. The lowest BCUT2D eigenvalue weighted by molar-refractivity contribution is 1.01. The summed E-state index contributed by atoms with van der Waals surface area (Å²) in [4.78, 5) is 10.6. The highest BCUT2D eigenvalue weighted by Crippen LogP contribution is 2.49. The zero-order chi connectivity index (χ0) is 28.1. The van der Waals surface area contributed by atoms with E-state index in [0.29, 0.717) is 5.95 Å². The van der Waals surface area contributed by atoms with Crippen LogP contribution in [0.3, 0.4) is 0 Å². The summed E-state index contributed by atoms with van der Waals surface area (Å²) in [5, 5.41) is 8.51. The molecule has 0 bridgehead atoms. The molecule has 1 aliphatic rings. The fourth-order valence-electron chi connectivity index (χ4n) is 7.26. The molecule has 0 saturated carbocycles. The van der Waals surface area contributed by atoms with Gasteiger partial charge in [-0.2, -0.15) is 0 Å². The van der Waals surface area contributed by atoms with Gasteiger partial charge in [0, 0.05) is 21.7 Å². The second kappa shape index (κ2) is 8.37. The van der Waals surface area contributed by atoms with Gasteiger partial charge >= 0.3 is 0 Å². The number of benzene rings is 7. The lowest BCUT2D eigenvalue weighted by Crippen LogP contribution is -2.03. The van der Waals surface area contributed by atoms with Crippen molar-refractivity contribution in [2.24, 2.45) is 0 Å². The van der Waals surface area contributed by atoms with Crippen LogP contribution in [-0.4, -0.2) is 14.5 Å². The highest BCUT2D eigenvalue weighted by atomic mass is 15.2. The Kier molecular flexibility index (Phi) is 4.45. The number of para-hydroxylation sites is 1. The summed E-state index contributed by atoms with van der Waals surface area (Å²) < 4.78 is 2.27. The Hall–Kier alpha value is -5.80. The molecule has 1 aliphatic carbocycles. The zero-order valence-corrected chi connectivity index (χ0v) is 23.1. The summed E-state index contributed by atoms with van der Waals surface area (Å²) in [5.41, 5.74) is 10.2. The predicted molar refractivity (Wildman–Crippen MR) is 179 cm³/mol. The molecule has 7 aromatic carbocycles. The Labute approximate surface area is 247 Å². The monoisotopic (exact) mass is 545 g/mol. The van der Waals surface area contributed by atoms with Crippen LogP contribution < -0.4 is 0 Å². The van der Waals surface area contributed by atoms with E-state index in [1.807, 2.05) is 0 Å². The molecule has 43 heavy (non-hydrogen) atoms. The summed E-state index contributed by atoms with van der Waals surface area (Å²) >= 11 is 0. The van der Waals surface area contributed by atoms with E-state index in [4.69, 9.17) is 9.97 Å². The van der Waals surface area contributed by atoms with Crippen LogP contribution in [0.25, 0.3) is 93.7 Å². The minimum absolute atomic E-state index is 0.685. The second-order valence-corrected chi connectivity index (χ2v) is 11.4. The van der Waals surface area contributed by atoms with Crippen LogP contribution in [0, 0.1) is 0 Å². The van der Waals surface area contributed by atoms with Crippen LogP contribution in [0.5, 0.6) is 0 Å². The Morgan fingerprint density at radius 1 is 0.419 bits per heavy atom. The van der Waals surface area contributed by atoms with Gasteiger partial charge in [-0.25, -0.2) is 9.97 Å². The van der Waals surface area contributed by atoms with Gasteiger partial charge in [0.1, 0.15) is 0 Å². The number of fused-ring (bicyclic) bond motifs is 5. The van der Waals surface area contributed by atoms with Crippen LogP contribution in [0.4, 0.5) is 0 Å². The minimum Gasteiger partial charge on any atom is -0.278 e. The van der Waals surface area contributed by atoms with Crippen LogP contribution in [0.1, 0.15) is 0 Å².